The van der Waals surface area contributed by atoms with Gasteiger partial charge in [0.2, 0.25) is 0 Å². The summed E-state index contributed by atoms with van der Waals surface area (Å²) < 4.78 is 4.58. The van der Waals surface area contributed by atoms with E-state index in [9.17, 15) is 4.79 Å². The smallest absolute Gasteiger partial charge is 0.319 e. The number of carbonyl (C=O) groups excluding carboxylic acids is 1. The van der Waals surface area contributed by atoms with E-state index in [1.165, 1.54) is 7.11 Å². The number of ether oxygens (including phenoxy) is 1. The summed E-state index contributed by atoms with van der Waals surface area (Å²) in [6, 6.07) is 0.124. The minimum atomic E-state index is -0.229. The largest absolute Gasteiger partial charge is 0.468 e. The van der Waals surface area contributed by atoms with Gasteiger partial charge >= 0.3 is 5.97 Å². The molecule has 1 N–H and O–H groups in total. The molecule has 0 aromatic heterocycles. The van der Waals surface area contributed by atoms with Crippen LogP contribution in [0.3, 0.4) is 0 Å². The topological polar surface area (TPSA) is 49.8 Å². The molecule has 1 heterocycles. The Morgan fingerprint density at radius 2 is 2.38 bits per heavy atom. The Balaban J connectivity index is 2.45. The van der Waals surface area contributed by atoms with Gasteiger partial charge in [0, 0.05) is 6.04 Å². The third kappa shape index (κ3) is 2.42. The normalized spacial score (nSPS) is 29.2. The summed E-state index contributed by atoms with van der Waals surface area (Å²) in [6.45, 7) is 3.39. The Labute approximate surface area is 78.5 Å². The fourth-order valence-electron chi connectivity index (χ4n) is 1.81. The highest BCUT2D eigenvalue weighted by molar-refractivity contribution is 5.71. The molecule has 0 aromatic rings. The summed E-state index contributed by atoms with van der Waals surface area (Å²) in [4.78, 5) is 13.0. The van der Waals surface area contributed by atoms with Gasteiger partial charge in [-0.15, -0.1) is 0 Å². The van der Waals surface area contributed by atoms with Crippen LogP contribution in [0.5, 0.6) is 0 Å². The van der Waals surface area contributed by atoms with Gasteiger partial charge in [0.15, 0.2) is 0 Å². The second-order valence-corrected chi connectivity index (χ2v) is 3.56. The zero-order valence-corrected chi connectivity index (χ0v) is 8.19. The fraction of sp³-hybridized carbons (Fsp3) is 0.889. The molecule has 13 heavy (non-hydrogen) atoms. The SMILES string of the molecule is COC(=O)CN1CCC(C)C1CO. The van der Waals surface area contributed by atoms with Crippen LogP contribution in [0.2, 0.25) is 0 Å². The molecule has 0 amide bonds. The number of nitrogens with zero attached hydrogens (tertiary/aromatic N) is 1. The number of aliphatic hydroxyl groups excluding tert-OH is 1. The molecule has 0 radical (unpaired) electrons. The first-order chi connectivity index (χ1) is 6.19. The minimum Gasteiger partial charge on any atom is -0.468 e. The summed E-state index contributed by atoms with van der Waals surface area (Å²) in [6.07, 6.45) is 1.04. The average Bonchev–Trinajstić information content (AvgIpc) is 2.46. The van der Waals surface area contributed by atoms with Crippen molar-refractivity contribution in [3.05, 3.63) is 0 Å². The second-order valence-electron chi connectivity index (χ2n) is 3.56. The van der Waals surface area contributed by atoms with E-state index in [0.717, 1.165) is 13.0 Å². The van der Waals surface area contributed by atoms with Gasteiger partial charge in [0.1, 0.15) is 0 Å². The quantitative estimate of drug-likeness (QED) is 0.625. The maximum atomic E-state index is 11.0. The predicted octanol–water partition coefficient (Wildman–Crippen LogP) is -0.138. The summed E-state index contributed by atoms with van der Waals surface area (Å²) in [5.74, 6) is 0.238. The van der Waals surface area contributed by atoms with Crippen molar-refractivity contribution in [3.8, 4) is 0 Å². The Morgan fingerprint density at radius 3 is 2.92 bits per heavy atom. The molecular weight excluding hydrogens is 170 g/mol. The van der Waals surface area contributed by atoms with Gasteiger partial charge in [-0.2, -0.15) is 0 Å². The minimum absolute atomic E-state index is 0.123. The fourth-order valence-corrected chi connectivity index (χ4v) is 1.81. The van der Waals surface area contributed by atoms with E-state index in [2.05, 4.69) is 11.7 Å². The molecule has 1 fully saturated rings. The molecule has 2 atom stereocenters. The molecular formula is C9H17NO3. The summed E-state index contributed by atoms with van der Waals surface area (Å²) in [5.41, 5.74) is 0. The van der Waals surface area contributed by atoms with Gasteiger partial charge < -0.3 is 9.84 Å². The Bertz CT molecular complexity index is 184. The molecule has 76 valence electrons. The number of carbonyl (C=O) groups is 1. The lowest BCUT2D eigenvalue weighted by Crippen LogP contribution is -2.39. The van der Waals surface area contributed by atoms with Gasteiger partial charge in [-0.1, -0.05) is 6.92 Å². The van der Waals surface area contributed by atoms with Crippen LogP contribution in [0.15, 0.2) is 0 Å². The van der Waals surface area contributed by atoms with Crippen molar-refractivity contribution in [1.29, 1.82) is 0 Å². The van der Waals surface area contributed by atoms with E-state index in [4.69, 9.17) is 5.11 Å². The Morgan fingerprint density at radius 1 is 1.69 bits per heavy atom. The molecule has 1 aliphatic heterocycles. The summed E-state index contributed by atoms with van der Waals surface area (Å²) in [5, 5.41) is 9.10. The lowest BCUT2D eigenvalue weighted by Gasteiger charge is -2.23. The number of hydrogen-bond donors (Lipinski definition) is 1. The first-order valence-electron chi connectivity index (χ1n) is 4.60. The van der Waals surface area contributed by atoms with Crippen molar-refractivity contribution in [2.45, 2.75) is 19.4 Å². The van der Waals surface area contributed by atoms with Crippen LogP contribution in [0.1, 0.15) is 13.3 Å². The first-order valence-corrected chi connectivity index (χ1v) is 4.60. The van der Waals surface area contributed by atoms with E-state index in [1.807, 2.05) is 4.90 Å². The van der Waals surface area contributed by atoms with Crippen molar-refractivity contribution in [2.75, 3.05) is 26.8 Å². The first kappa shape index (κ1) is 10.5. The van der Waals surface area contributed by atoms with Crippen LogP contribution >= 0.6 is 0 Å². The zero-order chi connectivity index (χ0) is 9.84. The van der Waals surface area contributed by atoms with Crippen LogP contribution in [0.4, 0.5) is 0 Å². The Hall–Kier alpha value is -0.610. The molecule has 0 aromatic carbocycles. The predicted molar refractivity (Wildman–Crippen MR) is 48.2 cm³/mol. The molecule has 0 bridgehead atoms. The van der Waals surface area contributed by atoms with Crippen molar-refractivity contribution in [1.82, 2.24) is 4.90 Å². The molecule has 0 spiro atoms. The highest BCUT2D eigenvalue weighted by Crippen LogP contribution is 2.22. The van der Waals surface area contributed by atoms with Gasteiger partial charge in [-0.05, 0) is 18.9 Å². The molecule has 2 unspecified atom stereocenters. The number of methoxy groups -OCH3 is 1. The van der Waals surface area contributed by atoms with E-state index < -0.39 is 0 Å². The van der Waals surface area contributed by atoms with Crippen molar-refractivity contribution >= 4 is 5.97 Å². The summed E-state index contributed by atoms with van der Waals surface area (Å²) in [7, 11) is 1.38. The van der Waals surface area contributed by atoms with Crippen molar-refractivity contribution in [3.63, 3.8) is 0 Å². The standard InChI is InChI=1S/C9H17NO3/c1-7-3-4-10(8(7)6-11)5-9(12)13-2/h7-8,11H,3-6H2,1-2H3. The van der Waals surface area contributed by atoms with Crippen LogP contribution in [-0.2, 0) is 9.53 Å². The van der Waals surface area contributed by atoms with Crippen molar-refractivity contribution < 1.29 is 14.6 Å². The van der Waals surface area contributed by atoms with E-state index in [0.29, 0.717) is 12.5 Å². The monoisotopic (exact) mass is 187 g/mol. The maximum Gasteiger partial charge on any atom is 0.319 e. The molecule has 4 heteroatoms. The molecule has 4 nitrogen and oxygen atoms in total. The van der Waals surface area contributed by atoms with Crippen LogP contribution in [0.25, 0.3) is 0 Å². The van der Waals surface area contributed by atoms with E-state index >= 15 is 0 Å². The van der Waals surface area contributed by atoms with Gasteiger partial charge in [0.05, 0.1) is 20.3 Å². The molecule has 1 rings (SSSR count). The number of rotatable bonds is 3. The third-order valence-electron chi connectivity index (χ3n) is 2.74. The maximum absolute atomic E-state index is 11.0. The molecule has 1 aliphatic rings. The highest BCUT2D eigenvalue weighted by Gasteiger charge is 2.31. The van der Waals surface area contributed by atoms with Crippen LogP contribution in [0, 0.1) is 5.92 Å². The van der Waals surface area contributed by atoms with E-state index in [1.54, 1.807) is 0 Å². The lowest BCUT2D eigenvalue weighted by atomic mass is 10.0. The van der Waals surface area contributed by atoms with Gasteiger partial charge in [-0.25, -0.2) is 0 Å². The number of aliphatic hydroxyl groups is 1. The van der Waals surface area contributed by atoms with Gasteiger partial charge in [0.25, 0.3) is 0 Å². The Kier molecular flexibility index (Phi) is 3.69. The molecule has 1 saturated heterocycles. The molecule has 0 saturated carbocycles. The molecule has 0 aliphatic carbocycles. The second kappa shape index (κ2) is 4.58. The zero-order valence-electron chi connectivity index (χ0n) is 8.19. The lowest BCUT2D eigenvalue weighted by molar-refractivity contribution is -0.142. The van der Waals surface area contributed by atoms with Crippen LogP contribution < -0.4 is 0 Å². The third-order valence-corrected chi connectivity index (χ3v) is 2.74. The number of esters is 1. The highest BCUT2D eigenvalue weighted by atomic mass is 16.5. The van der Waals surface area contributed by atoms with Crippen molar-refractivity contribution in [2.24, 2.45) is 5.92 Å². The summed E-state index contributed by atoms with van der Waals surface area (Å²) >= 11 is 0. The van der Waals surface area contributed by atoms with Gasteiger partial charge in [-0.3, -0.25) is 9.69 Å². The van der Waals surface area contributed by atoms with E-state index in [-0.39, 0.29) is 18.6 Å². The number of hydrogen-bond acceptors (Lipinski definition) is 4. The average molecular weight is 187 g/mol. The van der Waals surface area contributed by atoms with Crippen LogP contribution in [-0.4, -0.2) is 48.8 Å². The number of likely N-dealkylation sites (tertiary alicyclic amines) is 1.